The third-order valence-corrected chi connectivity index (χ3v) is 4.55. The molecule has 7 nitrogen and oxygen atoms in total. The number of aromatic nitrogens is 6. The van der Waals surface area contributed by atoms with Gasteiger partial charge in [-0.25, -0.2) is 9.67 Å². The van der Waals surface area contributed by atoms with Gasteiger partial charge in [0.25, 0.3) is 5.56 Å². The molecule has 1 saturated carbocycles. The quantitative estimate of drug-likeness (QED) is 0.681. The summed E-state index contributed by atoms with van der Waals surface area (Å²) in [5.74, 6) is 0.576. The van der Waals surface area contributed by atoms with Gasteiger partial charge < -0.3 is 0 Å². The molecule has 3 aromatic rings. The summed E-state index contributed by atoms with van der Waals surface area (Å²) in [6, 6.07) is 5.81. The van der Waals surface area contributed by atoms with E-state index >= 15 is 0 Å². The summed E-state index contributed by atoms with van der Waals surface area (Å²) < 4.78 is 3.41. The van der Waals surface area contributed by atoms with E-state index in [1.165, 1.54) is 11.8 Å². The van der Waals surface area contributed by atoms with Crippen molar-refractivity contribution in [2.45, 2.75) is 36.7 Å². The molecule has 0 aliphatic heterocycles. The molecule has 0 N–H and O–H groups in total. The van der Waals surface area contributed by atoms with E-state index in [-0.39, 0.29) is 5.56 Å². The second-order valence-electron chi connectivity index (χ2n) is 5.44. The molecule has 1 aliphatic carbocycles. The van der Waals surface area contributed by atoms with Gasteiger partial charge in [0.15, 0.2) is 0 Å². The number of tetrazole rings is 1. The van der Waals surface area contributed by atoms with Gasteiger partial charge >= 0.3 is 0 Å². The van der Waals surface area contributed by atoms with Gasteiger partial charge in [-0.3, -0.25) is 9.20 Å². The summed E-state index contributed by atoms with van der Waals surface area (Å²) >= 11 is 1.51. The summed E-state index contributed by atoms with van der Waals surface area (Å²) in [6.45, 7) is 1.98. The average Bonchev–Trinajstić information content (AvgIpc) is 3.23. The van der Waals surface area contributed by atoms with Gasteiger partial charge in [-0.1, -0.05) is 11.8 Å². The van der Waals surface area contributed by atoms with Gasteiger partial charge in [0.2, 0.25) is 5.16 Å². The Bertz CT molecular complexity index is 898. The molecular formula is C14H14N6OS. The Morgan fingerprint density at radius 1 is 1.36 bits per heavy atom. The van der Waals surface area contributed by atoms with Crippen LogP contribution in [0.3, 0.4) is 0 Å². The maximum atomic E-state index is 12.1. The number of fused-ring (bicyclic) bond motifs is 1. The number of nitrogens with zero attached hydrogens (tertiary/aromatic N) is 6. The molecule has 1 fully saturated rings. The van der Waals surface area contributed by atoms with Crippen molar-refractivity contribution in [3.63, 3.8) is 0 Å². The van der Waals surface area contributed by atoms with E-state index in [0.29, 0.717) is 17.4 Å². The fraction of sp³-hybridized carbons (Fsp3) is 0.357. The van der Waals surface area contributed by atoms with E-state index in [4.69, 9.17) is 0 Å². The van der Waals surface area contributed by atoms with Crippen LogP contribution in [-0.4, -0.2) is 29.6 Å². The predicted molar refractivity (Wildman–Crippen MR) is 81.8 cm³/mol. The molecule has 0 amide bonds. The third-order valence-electron chi connectivity index (χ3n) is 3.58. The van der Waals surface area contributed by atoms with E-state index in [2.05, 4.69) is 20.5 Å². The zero-order chi connectivity index (χ0) is 15.1. The summed E-state index contributed by atoms with van der Waals surface area (Å²) in [7, 11) is 0. The highest BCUT2D eigenvalue weighted by Gasteiger charge is 2.27. The van der Waals surface area contributed by atoms with E-state index in [1.807, 2.05) is 23.7 Å². The van der Waals surface area contributed by atoms with Gasteiger partial charge in [0.1, 0.15) is 5.65 Å². The average molecular weight is 314 g/mol. The van der Waals surface area contributed by atoms with E-state index in [1.54, 1.807) is 16.7 Å². The summed E-state index contributed by atoms with van der Waals surface area (Å²) in [6.07, 6.45) is 4.02. The first-order valence-corrected chi connectivity index (χ1v) is 8.09. The number of pyridine rings is 1. The van der Waals surface area contributed by atoms with Gasteiger partial charge in [0.05, 0.1) is 11.7 Å². The zero-order valence-corrected chi connectivity index (χ0v) is 12.8. The Labute approximate surface area is 130 Å². The van der Waals surface area contributed by atoms with Crippen LogP contribution in [0.2, 0.25) is 0 Å². The highest BCUT2D eigenvalue weighted by Crippen LogP contribution is 2.36. The maximum Gasteiger partial charge on any atom is 0.258 e. The van der Waals surface area contributed by atoms with Gasteiger partial charge in [0, 0.05) is 18.0 Å². The minimum Gasteiger partial charge on any atom is -0.269 e. The standard InChI is InChI=1S/C14H14N6OS/c1-9-4-5-19-12(6-9)15-10(7-13(19)21)8-22-14-16-17-18-20(14)11-2-3-11/h4-7,11H,2-3,8H2,1H3. The van der Waals surface area contributed by atoms with Gasteiger partial charge in [-0.05, 0) is 47.9 Å². The number of aryl methyl sites for hydroxylation is 1. The van der Waals surface area contributed by atoms with Crippen LogP contribution in [0.25, 0.3) is 5.65 Å². The van der Waals surface area contributed by atoms with Crippen molar-refractivity contribution in [1.82, 2.24) is 29.6 Å². The molecule has 0 bridgehead atoms. The van der Waals surface area contributed by atoms with Crippen LogP contribution in [0, 0.1) is 6.92 Å². The van der Waals surface area contributed by atoms with Gasteiger partial charge in [-0.2, -0.15) is 0 Å². The monoisotopic (exact) mass is 314 g/mol. The Kier molecular flexibility index (Phi) is 3.18. The lowest BCUT2D eigenvalue weighted by Crippen LogP contribution is -2.15. The molecule has 3 aromatic heterocycles. The summed E-state index contributed by atoms with van der Waals surface area (Å²) in [5, 5.41) is 12.6. The molecule has 1 aliphatic rings. The molecule has 4 rings (SSSR count). The zero-order valence-electron chi connectivity index (χ0n) is 12.0. The SMILES string of the molecule is Cc1ccn2c(=O)cc(CSc3nnnn3C3CC3)nc2c1. The van der Waals surface area contributed by atoms with Gasteiger partial charge in [-0.15, -0.1) is 5.10 Å². The smallest absolute Gasteiger partial charge is 0.258 e. The fourth-order valence-corrected chi connectivity index (χ4v) is 3.13. The molecule has 0 unspecified atom stereocenters. The first-order valence-electron chi connectivity index (χ1n) is 7.10. The molecule has 0 atom stereocenters. The lowest BCUT2D eigenvalue weighted by molar-refractivity contribution is 0.565. The molecule has 0 aromatic carbocycles. The van der Waals surface area contributed by atoms with Crippen molar-refractivity contribution in [3.8, 4) is 0 Å². The van der Waals surface area contributed by atoms with E-state index in [0.717, 1.165) is 29.3 Å². The van der Waals surface area contributed by atoms with Crippen molar-refractivity contribution in [3.05, 3.63) is 46.0 Å². The fourth-order valence-electron chi connectivity index (χ4n) is 2.29. The largest absolute Gasteiger partial charge is 0.269 e. The van der Waals surface area contributed by atoms with Crippen LogP contribution in [0.4, 0.5) is 0 Å². The van der Waals surface area contributed by atoms with E-state index in [9.17, 15) is 4.79 Å². The summed E-state index contributed by atoms with van der Waals surface area (Å²) in [4.78, 5) is 16.7. The Hall–Kier alpha value is -2.22. The first kappa shape index (κ1) is 13.4. The molecule has 3 heterocycles. The maximum absolute atomic E-state index is 12.1. The normalized spacial score (nSPS) is 14.6. The van der Waals surface area contributed by atoms with Crippen LogP contribution < -0.4 is 5.56 Å². The van der Waals surface area contributed by atoms with E-state index < -0.39 is 0 Å². The minimum atomic E-state index is -0.0672. The van der Waals surface area contributed by atoms with Crippen molar-refractivity contribution < 1.29 is 0 Å². The van der Waals surface area contributed by atoms with Crippen LogP contribution in [0.1, 0.15) is 30.1 Å². The number of hydrogen-bond donors (Lipinski definition) is 0. The number of rotatable bonds is 4. The molecule has 0 spiro atoms. The second kappa shape index (κ2) is 5.20. The first-order chi connectivity index (χ1) is 10.7. The van der Waals surface area contributed by atoms with Crippen molar-refractivity contribution in [2.75, 3.05) is 0 Å². The van der Waals surface area contributed by atoms with Crippen LogP contribution in [-0.2, 0) is 5.75 Å². The molecule has 0 saturated heterocycles. The van der Waals surface area contributed by atoms with Crippen molar-refractivity contribution >= 4 is 17.4 Å². The highest BCUT2D eigenvalue weighted by atomic mass is 32.2. The molecule has 8 heteroatoms. The predicted octanol–water partition coefficient (Wildman–Crippen LogP) is 1.62. The highest BCUT2D eigenvalue weighted by molar-refractivity contribution is 7.98. The van der Waals surface area contributed by atoms with Crippen molar-refractivity contribution in [2.24, 2.45) is 0 Å². The second-order valence-corrected chi connectivity index (χ2v) is 6.39. The lowest BCUT2D eigenvalue weighted by Gasteiger charge is -2.05. The Morgan fingerprint density at radius 3 is 3.05 bits per heavy atom. The Morgan fingerprint density at radius 2 is 2.23 bits per heavy atom. The van der Waals surface area contributed by atoms with Crippen LogP contribution >= 0.6 is 11.8 Å². The molecular weight excluding hydrogens is 300 g/mol. The molecule has 112 valence electrons. The van der Waals surface area contributed by atoms with Crippen LogP contribution in [0.15, 0.2) is 34.3 Å². The summed E-state index contributed by atoms with van der Waals surface area (Å²) in [5.41, 5.74) is 2.42. The van der Waals surface area contributed by atoms with Crippen LogP contribution in [0.5, 0.6) is 0 Å². The Balaban J connectivity index is 1.61. The third kappa shape index (κ3) is 2.50. The lowest BCUT2D eigenvalue weighted by atomic mass is 10.3. The topological polar surface area (TPSA) is 78.0 Å². The number of thioether (sulfide) groups is 1. The molecule has 0 radical (unpaired) electrons. The van der Waals surface area contributed by atoms with Crippen molar-refractivity contribution in [1.29, 1.82) is 0 Å². The number of hydrogen-bond acceptors (Lipinski definition) is 6. The molecule has 22 heavy (non-hydrogen) atoms. The minimum absolute atomic E-state index is 0.0672.